The first-order valence-corrected chi connectivity index (χ1v) is 6.08. The number of carboxylic acid groups (broad SMARTS) is 1. The first-order valence-electron chi connectivity index (χ1n) is 6.08. The number of amides is 1. The summed E-state index contributed by atoms with van der Waals surface area (Å²) in [5, 5.41) is 10.9. The van der Waals surface area contributed by atoms with Gasteiger partial charge in [0.15, 0.2) is 6.04 Å². The molecule has 0 spiro atoms. The van der Waals surface area contributed by atoms with E-state index in [2.05, 4.69) is 5.32 Å². The van der Waals surface area contributed by atoms with Gasteiger partial charge in [0.1, 0.15) is 6.67 Å². The van der Waals surface area contributed by atoms with E-state index in [1.165, 1.54) is 0 Å². The van der Waals surface area contributed by atoms with Gasteiger partial charge < -0.3 is 10.4 Å². The van der Waals surface area contributed by atoms with E-state index in [0.29, 0.717) is 6.42 Å². The van der Waals surface area contributed by atoms with Crippen molar-refractivity contribution in [2.24, 2.45) is 5.92 Å². The number of nitrogens with one attached hydrogen (secondary N) is 1. The summed E-state index contributed by atoms with van der Waals surface area (Å²) in [6.07, 6.45) is 0.491. The molecule has 1 amide bonds. The Balaban J connectivity index is 2.57. The summed E-state index contributed by atoms with van der Waals surface area (Å²) in [4.78, 5) is 22.4. The number of hydrogen-bond acceptors (Lipinski definition) is 2. The van der Waals surface area contributed by atoms with E-state index in [9.17, 15) is 14.0 Å². The quantitative estimate of drug-likeness (QED) is 0.824. The molecule has 2 atom stereocenters. The Labute approximate surface area is 111 Å². The van der Waals surface area contributed by atoms with Gasteiger partial charge in [-0.05, 0) is 18.9 Å². The van der Waals surface area contributed by atoms with Crippen molar-refractivity contribution in [3.63, 3.8) is 0 Å². The molecule has 0 bridgehead atoms. The summed E-state index contributed by atoms with van der Waals surface area (Å²) in [5.74, 6) is -2.22. The van der Waals surface area contributed by atoms with Crippen molar-refractivity contribution in [1.82, 2.24) is 5.32 Å². The van der Waals surface area contributed by atoms with Crippen molar-refractivity contribution in [2.45, 2.75) is 26.3 Å². The van der Waals surface area contributed by atoms with Crippen LogP contribution in [0.4, 0.5) is 4.39 Å². The monoisotopic (exact) mass is 267 g/mol. The fourth-order valence-electron chi connectivity index (χ4n) is 1.65. The summed E-state index contributed by atoms with van der Waals surface area (Å²) in [6, 6.07) is 6.27. The molecule has 2 unspecified atom stereocenters. The third-order valence-electron chi connectivity index (χ3n) is 2.88. The molecule has 0 fully saturated rings. The van der Waals surface area contributed by atoms with Crippen LogP contribution in [0.15, 0.2) is 24.3 Å². The number of carboxylic acids is 1. The summed E-state index contributed by atoms with van der Waals surface area (Å²) in [6.45, 7) is 2.54. The van der Waals surface area contributed by atoms with Gasteiger partial charge in [-0.15, -0.1) is 0 Å². The molecule has 1 aromatic carbocycles. The van der Waals surface area contributed by atoms with Crippen molar-refractivity contribution in [2.75, 3.05) is 6.67 Å². The molecule has 0 aliphatic rings. The van der Waals surface area contributed by atoms with Crippen molar-refractivity contribution >= 4 is 11.9 Å². The second-order valence-electron chi connectivity index (χ2n) is 4.64. The molecule has 4 nitrogen and oxygen atoms in total. The van der Waals surface area contributed by atoms with Crippen LogP contribution < -0.4 is 5.32 Å². The van der Waals surface area contributed by atoms with Gasteiger partial charge in [0, 0.05) is 5.92 Å². The predicted molar refractivity (Wildman–Crippen MR) is 69.6 cm³/mol. The third-order valence-corrected chi connectivity index (χ3v) is 2.88. The van der Waals surface area contributed by atoms with Crippen LogP contribution in [0, 0.1) is 12.8 Å². The van der Waals surface area contributed by atoms with Crippen molar-refractivity contribution in [3.05, 3.63) is 35.4 Å². The molecule has 19 heavy (non-hydrogen) atoms. The standard InChI is InChI=1S/C14H18FNO3/c1-9-3-5-11(6-4-9)7-10(2)13(17)16-12(8-15)14(18)19/h3-6,10,12H,7-8H2,1-2H3,(H,16,17)(H,18,19). The fourth-order valence-corrected chi connectivity index (χ4v) is 1.65. The van der Waals surface area contributed by atoms with E-state index < -0.39 is 30.5 Å². The lowest BCUT2D eigenvalue weighted by molar-refractivity contribution is -0.142. The molecule has 0 saturated heterocycles. The van der Waals surface area contributed by atoms with E-state index in [4.69, 9.17) is 5.11 Å². The number of aliphatic carboxylic acids is 1. The minimum absolute atomic E-state index is 0.406. The van der Waals surface area contributed by atoms with Gasteiger partial charge in [-0.1, -0.05) is 36.8 Å². The zero-order valence-electron chi connectivity index (χ0n) is 11.0. The van der Waals surface area contributed by atoms with E-state index >= 15 is 0 Å². The number of rotatable bonds is 6. The summed E-state index contributed by atoms with van der Waals surface area (Å²) in [5.41, 5.74) is 2.12. The highest BCUT2D eigenvalue weighted by molar-refractivity contribution is 5.85. The molecule has 0 heterocycles. The van der Waals surface area contributed by atoms with E-state index in [1.54, 1.807) is 6.92 Å². The SMILES string of the molecule is Cc1ccc(CC(C)C(=O)NC(CF)C(=O)O)cc1. The molecular formula is C14H18FNO3. The lowest BCUT2D eigenvalue weighted by Gasteiger charge is -2.15. The Morgan fingerprint density at radius 3 is 2.37 bits per heavy atom. The van der Waals surface area contributed by atoms with Crippen LogP contribution in [0.5, 0.6) is 0 Å². The third kappa shape index (κ3) is 4.69. The Morgan fingerprint density at radius 2 is 1.89 bits per heavy atom. The smallest absolute Gasteiger partial charge is 0.328 e. The Morgan fingerprint density at radius 1 is 1.32 bits per heavy atom. The molecule has 5 heteroatoms. The molecule has 0 aliphatic carbocycles. The molecule has 0 aliphatic heterocycles. The average Bonchev–Trinajstić information content (AvgIpc) is 2.37. The van der Waals surface area contributed by atoms with E-state index in [-0.39, 0.29) is 0 Å². The fraction of sp³-hybridized carbons (Fsp3) is 0.429. The lowest BCUT2D eigenvalue weighted by Crippen LogP contribution is -2.44. The van der Waals surface area contributed by atoms with Crippen LogP contribution in [0.3, 0.4) is 0 Å². The zero-order chi connectivity index (χ0) is 14.4. The minimum Gasteiger partial charge on any atom is -0.480 e. The lowest BCUT2D eigenvalue weighted by atomic mass is 9.99. The number of aryl methyl sites for hydroxylation is 1. The predicted octanol–water partition coefficient (Wildman–Crippen LogP) is 1.71. The van der Waals surface area contributed by atoms with Gasteiger partial charge in [0.2, 0.25) is 5.91 Å². The normalized spacial score (nSPS) is 13.6. The number of benzene rings is 1. The second kappa shape index (κ2) is 6.87. The Bertz CT molecular complexity index is 445. The maximum absolute atomic E-state index is 12.4. The molecule has 1 aromatic rings. The van der Waals surface area contributed by atoms with Crippen LogP contribution in [-0.4, -0.2) is 29.7 Å². The van der Waals surface area contributed by atoms with Crippen LogP contribution >= 0.6 is 0 Å². The number of carbonyl (C=O) groups is 2. The minimum atomic E-state index is -1.46. The molecule has 2 N–H and O–H groups in total. The zero-order valence-corrected chi connectivity index (χ0v) is 11.0. The molecular weight excluding hydrogens is 249 g/mol. The van der Waals surface area contributed by atoms with Crippen molar-refractivity contribution < 1.29 is 19.1 Å². The van der Waals surface area contributed by atoms with Gasteiger partial charge in [-0.2, -0.15) is 0 Å². The summed E-state index contributed by atoms with van der Waals surface area (Å²) < 4.78 is 12.4. The number of halogens is 1. The maximum atomic E-state index is 12.4. The van der Waals surface area contributed by atoms with E-state index in [0.717, 1.165) is 11.1 Å². The number of alkyl halides is 1. The van der Waals surface area contributed by atoms with Gasteiger partial charge in [-0.25, -0.2) is 9.18 Å². The van der Waals surface area contributed by atoms with Crippen molar-refractivity contribution in [1.29, 1.82) is 0 Å². The van der Waals surface area contributed by atoms with Crippen LogP contribution in [0.25, 0.3) is 0 Å². The molecule has 1 rings (SSSR count). The Kier molecular flexibility index (Phi) is 5.48. The van der Waals surface area contributed by atoms with Gasteiger partial charge >= 0.3 is 5.97 Å². The Hall–Kier alpha value is -1.91. The molecule has 104 valence electrons. The topological polar surface area (TPSA) is 66.4 Å². The average molecular weight is 267 g/mol. The summed E-state index contributed by atoms with van der Waals surface area (Å²) >= 11 is 0. The van der Waals surface area contributed by atoms with Gasteiger partial charge in [-0.3, -0.25) is 4.79 Å². The molecule has 0 saturated carbocycles. The maximum Gasteiger partial charge on any atom is 0.328 e. The first-order chi connectivity index (χ1) is 8.93. The molecule has 0 aromatic heterocycles. The van der Waals surface area contributed by atoms with Crippen molar-refractivity contribution in [3.8, 4) is 0 Å². The highest BCUT2D eigenvalue weighted by atomic mass is 19.1. The first kappa shape index (κ1) is 15.1. The van der Waals surface area contributed by atoms with Gasteiger partial charge in [0.25, 0.3) is 0 Å². The van der Waals surface area contributed by atoms with Crippen LogP contribution in [0.1, 0.15) is 18.1 Å². The number of carbonyl (C=O) groups excluding carboxylic acids is 1. The number of hydrogen-bond donors (Lipinski definition) is 2. The van der Waals surface area contributed by atoms with Crippen LogP contribution in [-0.2, 0) is 16.0 Å². The molecule has 0 radical (unpaired) electrons. The summed E-state index contributed by atoms with van der Waals surface area (Å²) in [7, 11) is 0. The van der Waals surface area contributed by atoms with E-state index in [1.807, 2.05) is 31.2 Å². The van der Waals surface area contributed by atoms with Crippen LogP contribution in [0.2, 0.25) is 0 Å². The highest BCUT2D eigenvalue weighted by Gasteiger charge is 2.22. The highest BCUT2D eigenvalue weighted by Crippen LogP contribution is 2.10. The van der Waals surface area contributed by atoms with Gasteiger partial charge in [0.05, 0.1) is 0 Å². The second-order valence-corrected chi connectivity index (χ2v) is 4.64. The largest absolute Gasteiger partial charge is 0.480 e.